The highest BCUT2D eigenvalue weighted by Crippen LogP contribution is 2.31. The molecule has 0 atom stereocenters. The molecule has 0 aliphatic heterocycles. The molecule has 0 radical (unpaired) electrons. The Bertz CT molecular complexity index is 534. The zero-order chi connectivity index (χ0) is 14.0. The molecule has 0 bridgehead atoms. The molecule has 1 aromatic rings. The fourth-order valence-electron chi connectivity index (χ4n) is 2.33. The molecule has 1 aliphatic carbocycles. The van der Waals surface area contributed by atoms with Crippen molar-refractivity contribution in [2.24, 2.45) is 5.92 Å². The van der Waals surface area contributed by atoms with Gasteiger partial charge >= 0.3 is 0 Å². The molecule has 19 heavy (non-hydrogen) atoms. The van der Waals surface area contributed by atoms with Crippen molar-refractivity contribution in [1.29, 1.82) is 0 Å². The monoisotopic (exact) mass is 429 g/mol. The summed E-state index contributed by atoms with van der Waals surface area (Å²) >= 11 is 8.39. The summed E-state index contributed by atoms with van der Waals surface area (Å²) in [6, 6.07) is 1.68. The fraction of sp³-hybridized carbons (Fsp3) is 0.667. The Hall–Kier alpha value is 0.570. The van der Waals surface area contributed by atoms with Gasteiger partial charge in [-0.25, -0.2) is 13.1 Å². The summed E-state index contributed by atoms with van der Waals surface area (Å²) in [5.41, 5.74) is 0. The summed E-state index contributed by atoms with van der Waals surface area (Å²) in [4.78, 5) is 1.83. The number of aryl methyl sites for hydroxylation is 1. The second-order valence-electron chi connectivity index (χ2n) is 4.94. The lowest BCUT2D eigenvalue weighted by Gasteiger charge is -2.25. The quantitative estimate of drug-likeness (QED) is 0.732. The van der Waals surface area contributed by atoms with Crippen LogP contribution in [0.3, 0.4) is 0 Å². The third kappa shape index (κ3) is 4.27. The van der Waals surface area contributed by atoms with Gasteiger partial charge in [-0.05, 0) is 60.5 Å². The van der Waals surface area contributed by atoms with E-state index in [2.05, 4.69) is 36.6 Å². The van der Waals surface area contributed by atoms with Crippen molar-refractivity contribution in [3.63, 3.8) is 0 Å². The van der Waals surface area contributed by atoms with E-state index in [-0.39, 0.29) is 0 Å². The highest BCUT2D eigenvalue weighted by Gasteiger charge is 2.23. The maximum Gasteiger partial charge on any atom is 0.241 e. The average molecular weight is 431 g/mol. The van der Waals surface area contributed by atoms with Gasteiger partial charge in [-0.15, -0.1) is 11.3 Å². The Labute approximate surface area is 135 Å². The lowest BCUT2D eigenvalue weighted by Crippen LogP contribution is -2.31. The molecule has 1 saturated carbocycles. The molecule has 0 unspecified atom stereocenters. The van der Waals surface area contributed by atoms with Crippen LogP contribution in [0.2, 0.25) is 0 Å². The summed E-state index contributed by atoms with van der Waals surface area (Å²) in [6.45, 7) is 2.38. The summed E-state index contributed by atoms with van der Waals surface area (Å²) in [5, 5.41) is 0. The van der Waals surface area contributed by atoms with E-state index >= 15 is 0 Å². The van der Waals surface area contributed by atoms with Crippen LogP contribution in [-0.4, -0.2) is 19.8 Å². The first-order valence-electron chi connectivity index (χ1n) is 6.28. The molecule has 0 saturated heterocycles. The second-order valence-corrected chi connectivity index (χ2v) is 10.6. The molecular weight excluding hydrogens is 414 g/mol. The Morgan fingerprint density at radius 2 is 2.00 bits per heavy atom. The molecule has 0 aromatic carbocycles. The van der Waals surface area contributed by atoms with E-state index in [0.29, 0.717) is 22.2 Å². The molecule has 7 heteroatoms. The first kappa shape index (κ1) is 15.9. The van der Waals surface area contributed by atoms with Gasteiger partial charge in [0, 0.05) is 16.2 Å². The van der Waals surface area contributed by atoms with Crippen LogP contribution in [-0.2, 0) is 10.0 Å². The summed E-state index contributed by atoms with van der Waals surface area (Å²) < 4.78 is 28.1. The largest absolute Gasteiger partial charge is 0.241 e. The standard InChI is InChI=1S/C12H17Br2NO2S2/c1-8-11(6-12(14)18-8)19(16,17)15-7-9-2-4-10(13)5-3-9/h6,9-10,15H,2-5,7H2,1H3. The Morgan fingerprint density at radius 3 is 2.53 bits per heavy atom. The van der Waals surface area contributed by atoms with Gasteiger partial charge in [0.1, 0.15) is 0 Å². The van der Waals surface area contributed by atoms with E-state index in [0.717, 1.165) is 34.3 Å². The Balaban J connectivity index is 1.96. The van der Waals surface area contributed by atoms with Crippen molar-refractivity contribution in [3.8, 4) is 0 Å². The lowest BCUT2D eigenvalue weighted by molar-refractivity contribution is 0.366. The van der Waals surface area contributed by atoms with Crippen molar-refractivity contribution in [2.45, 2.75) is 42.3 Å². The first-order chi connectivity index (χ1) is 8.88. The van der Waals surface area contributed by atoms with Gasteiger partial charge in [-0.2, -0.15) is 0 Å². The van der Waals surface area contributed by atoms with Crippen LogP contribution in [0.5, 0.6) is 0 Å². The van der Waals surface area contributed by atoms with Crippen molar-refractivity contribution in [1.82, 2.24) is 4.72 Å². The molecule has 1 heterocycles. The van der Waals surface area contributed by atoms with E-state index in [1.807, 2.05) is 6.92 Å². The predicted octanol–water partition coefficient (Wildman–Crippen LogP) is 4.05. The zero-order valence-electron chi connectivity index (χ0n) is 10.7. The van der Waals surface area contributed by atoms with E-state index in [1.54, 1.807) is 6.07 Å². The average Bonchev–Trinajstić information content (AvgIpc) is 2.69. The minimum absolute atomic E-state index is 0.401. The molecule has 2 rings (SSSR count). The summed E-state index contributed by atoms with van der Waals surface area (Å²) in [6.07, 6.45) is 4.44. The van der Waals surface area contributed by atoms with Gasteiger partial charge in [0.05, 0.1) is 8.68 Å². The number of rotatable bonds is 4. The predicted molar refractivity (Wildman–Crippen MR) is 86.6 cm³/mol. The van der Waals surface area contributed by atoms with Gasteiger partial charge in [-0.3, -0.25) is 0 Å². The van der Waals surface area contributed by atoms with Crippen LogP contribution in [0.4, 0.5) is 0 Å². The SMILES string of the molecule is Cc1sc(Br)cc1S(=O)(=O)NCC1CCC(Br)CC1. The number of hydrogen-bond donors (Lipinski definition) is 1. The third-order valence-electron chi connectivity index (χ3n) is 3.47. The highest BCUT2D eigenvalue weighted by atomic mass is 79.9. The second kappa shape index (κ2) is 6.56. The maximum absolute atomic E-state index is 12.2. The Kier molecular flexibility index (Phi) is 5.50. The van der Waals surface area contributed by atoms with Gasteiger partial charge in [-0.1, -0.05) is 15.9 Å². The van der Waals surface area contributed by atoms with Crippen LogP contribution >= 0.6 is 43.2 Å². The molecule has 1 aromatic heterocycles. The number of nitrogens with one attached hydrogen (secondary N) is 1. The molecular formula is C12H17Br2NO2S2. The summed E-state index contributed by atoms with van der Waals surface area (Å²) in [5.74, 6) is 0.464. The van der Waals surface area contributed by atoms with E-state index in [1.165, 1.54) is 11.3 Å². The van der Waals surface area contributed by atoms with Gasteiger partial charge in [0.2, 0.25) is 10.0 Å². The minimum Gasteiger partial charge on any atom is -0.211 e. The van der Waals surface area contributed by atoms with Gasteiger partial charge < -0.3 is 0 Å². The number of halogens is 2. The normalized spacial score (nSPS) is 24.6. The molecule has 108 valence electrons. The molecule has 0 spiro atoms. The third-order valence-corrected chi connectivity index (χ3v) is 7.62. The number of alkyl halides is 1. The molecule has 1 N–H and O–H groups in total. The van der Waals surface area contributed by atoms with E-state index in [9.17, 15) is 8.42 Å². The first-order valence-corrected chi connectivity index (χ1v) is 10.3. The van der Waals surface area contributed by atoms with Gasteiger partial charge in [0.25, 0.3) is 0 Å². The van der Waals surface area contributed by atoms with Crippen LogP contribution < -0.4 is 4.72 Å². The van der Waals surface area contributed by atoms with Crippen LogP contribution in [0.1, 0.15) is 30.6 Å². The zero-order valence-corrected chi connectivity index (χ0v) is 15.5. The van der Waals surface area contributed by atoms with Crippen molar-refractivity contribution >= 4 is 53.2 Å². The molecule has 0 amide bonds. The van der Waals surface area contributed by atoms with Gasteiger partial charge in [0.15, 0.2) is 0 Å². The highest BCUT2D eigenvalue weighted by molar-refractivity contribution is 9.11. The van der Waals surface area contributed by atoms with Crippen LogP contribution in [0.25, 0.3) is 0 Å². The molecule has 1 fully saturated rings. The van der Waals surface area contributed by atoms with Crippen LogP contribution in [0, 0.1) is 12.8 Å². The molecule has 1 aliphatic rings. The maximum atomic E-state index is 12.2. The van der Waals surface area contributed by atoms with Crippen molar-refractivity contribution in [2.75, 3.05) is 6.54 Å². The summed E-state index contributed by atoms with van der Waals surface area (Å²) in [7, 11) is -3.36. The number of thiophene rings is 1. The van der Waals surface area contributed by atoms with Crippen molar-refractivity contribution < 1.29 is 8.42 Å². The number of hydrogen-bond acceptors (Lipinski definition) is 3. The van der Waals surface area contributed by atoms with Crippen molar-refractivity contribution in [3.05, 3.63) is 14.7 Å². The molecule has 3 nitrogen and oxygen atoms in total. The van der Waals surface area contributed by atoms with E-state index in [4.69, 9.17) is 0 Å². The van der Waals surface area contributed by atoms with Crippen LogP contribution in [0.15, 0.2) is 14.7 Å². The van der Waals surface area contributed by atoms with E-state index < -0.39 is 10.0 Å². The minimum atomic E-state index is -3.36. The smallest absolute Gasteiger partial charge is 0.211 e. The Morgan fingerprint density at radius 1 is 1.37 bits per heavy atom. The number of sulfonamides is 1. The fourth-order valence-corrected chi connectivity index (χ4v) is 6.39. The lowest BCUT2D eigenvalue weighted by atomic mass is 9.89. The topological polar surface area (TPSA) is 46.2 Å².